The summed E-state index contributed by atoms with van der Waals surface area (Å²) in [6, 6.07) is 6.04. The fraction of sp³-hybridized carbons (Fsp3) is 0.400. The molecule has 0 atom stereocenters. The molecule has 4 heterocycles. The van der Waals surface area contributed by atoms with Crippen molar-refractivity contribution >= 4 is 17.2 Å². The summed E-state index contributed by atoms with van der Waals surface area (Å²) in [5.41, 5.74) is 3.63. The Morgan fingerprint density at radius 3 is 2.86 bits per heavy atom. The highest BCUT2D eigenvalue weighted by molar-refractivity contribution is 7.11. The van der Waals surface area contributed by atoms with Gasteiger partial charge in [-0.1, -0.05) is 6.07 Å². The zero-order valence-electron chi connectivity index (χ0n) is 12.1. The molecule has 0 unspecified atom stereocenters. The van der Waals surface area contributed by atoms with Gasteiger partial charge in [-0.2, -0.15) is 0 Å². The van der Waals surface area contributed by atoms with Crippen molar-refractivity contribution in [3.05, 3.63) is 46.7 Å². The summed E-state index contributed by atoms with van der Waals surface area (Å²) in [6.07, 6.45) is 5.38. The van der Waals surface area contributed by atoms with Crippen LogP contribution in [0.25, 0.3) is 0 Å². The number of thiazole rings is 1. The predicted octanol–water partition coefficient (Wildman–Crippen LogP) is 1.81. The lowest BCUT2D eigenvalue weighted by Gasteiger charge is -2.35. The third-order valence-electron chi connectivity index (χ3n) is 4.04. The molecule has 0 aromatic carbocycles. The first-order chi connectivity index (χ1) is 10.8. The number of hydrogen-bond acceptors (Lipinski definition) is 7. The molecule has 2 aliphatic heterocycles. The number of aromatic nitrogens is 2. The van der Waals surface area contributed by atoms with Gasteiger partial charge < -0.3 is 0 Å². The monoisotopic (exact) mass is 315 g/mol. The summed E-state index contributed by atoms with van der Waals surface area (Å²) < 4.78 is 0. The van der Waals surface area contributed by atoms with Crippen LogP contribution in [0.2, 0.25) is 0 Å². The lowest BCUT2D eigenvalue weighted by Crippen LogP contribution is -2.44. The molecule has 0 saturated carbocycles. The number of piperidine rings is 1. The molecule has 0 radical (unpaired) electrons. The van der Waals surface area contributed by atoms with E-state index >= 15 is 0 Å². The van der Waals surface area contributed by atoms with Crippen molar-refractivity contribution in [1.82, 2.24) is 20.3 Å². The summed E-state index contributed by atoms with van der Waals surface area (Å²) in [6.45, 7) is 2.78. The predicted molar refractivity (Wildman–Crippen MR) is 84.4 cm³/mol. The molecule has 1 fully saturated rings. The summed E-state index contributed by atoms with van der Waals surface area (Å²) in [7, 11) is 0. The Labute approximate surface area is 132 Å². The van der Waals surface area contributed by atoms with Crippen molar-refractivity contribution in [2.24, 2.45) is 4.99 Å². The Balaban J connectivity index is 1.40. The summed E-state index contributed by atoms with van der Waals surface area (Å²) in [5.74, 6) is 0.758. The third kappa shape index (κ3) is 2.75. The van der Waals surface area contributed by atoms with Crippen molar-refractivity contribution in [3.8, 4) is 0 Å². The molecule has 2 aliphatic rings. The molecule has 2 aromatic rings. The van der Waals surface area contributed by atoms with Gasteiger partial charge in [0, 0.05) is 50.2 Å². The van der Waals surface area contributed by atoms with Crippen LogP contribution in [-0.4, -0.2) is 39.5 Å². The normalized spacial score (nSPS) is 20.8. The van der Waals surface area contributed by atoms with Crippen molar-refractivity contribution in [3.63, 3.8) is 0 Å². The van der Waals surface area contributed by atoms with Crippen molar-refractivity contribution in [1.29, 1.82) is 0 Å². The van der Waals surface area contributed by atoms with E-state index in [1.54, 1.807) is 17.5 Å². The maximum atomic E-state index is 5.79. The first-order valence-electron chi connectivity index (χ1n) is 7.39. The largest absolute Gasteiger partial charge is 0.297 e. The standard InChI is InChI=1S/C15H17N5OS/c1-2-6-16-12(3-1)11-20-8-4-15(5-9-20)18-13(19-21-15)14-17-7-10-22-14/h1-3,6-7,10H,4-5,8-9,11H2,(H,18,19). The minimum absolute atomic E-state index is 0.429. The van der Waals surface area contributed by atoms with Crippen LogP contribution >= 0.6 is 11.3 Å². The Morgan fingerprint density at radius 1 is 1.23 bits per heavy atom. The summed E-state index contributed by atoms with van der Waals surface area (Å²) in [4.78, 5) is 21.6. The van der Waals surface area contributed by atoms with E-state index in [9.17, 15) is 0 Å². The zero-order valence-corrected chi connectivity index (χ0v) is 12.9. The number of amidine groups is 1. The molecule has 1 spiro atoms. The van der Waals surface area contributed by atoms with Gasteiger partial charge in [0.25, 0.3) is 0 Å². The van der Waals surface area contributed by atoms with Gasteiger partial charge in [-0.3, -0.25) is 9.88 Å². The van der Waals surface area contributed by atoms with Crippen LogP contribution in [0.3, 0.4) is 0 Å². The van der Waals surface area contributed by atoms with E-state index in [0.717, 1.165) is 49.0 Å². The molecular weight excluding hydrogens is 298 g/mol. The van der Waals surface area contributed by atoms with Gasteiger partial charge in [0.15, 0.2) is 16.6 Å². The van der Waals surface area contributed by atoms with Gasteiger partial charge in [0.1, 0.15) is 0 Å². The third-order valence-corrected chi connectivity index (χ3v) is 4.82. The lowest BCUT2D eigenvalue weighted by molar-refractivity contribution is -0.0902. The van der Waals surface area contributed by atoms with Gasteiger partial charge in [-0.15, -0.1) is 11.3 Å². The minimum Gasteiger partial charge on any atom is -0.297 e. The van der Waals surface area contributed by atoms with E-state index in [2.05, 4.69) is 26.4 Å². The second-order valence-corrected chi connectivity index (χ2v) is 6.44. The van der Waals surface area contributed by atoms with E-state index in [-0.39, 0.29) is 0 Å². The number of hydrogen-bond donors (Lipinski definition) is 1. The number of nitrogens with zero attached hydrogens (tertiary/aromatic N) is 4. The molecule has 0 aliphatic carbocycles. The Hall–Kier alpha value is -1.83. The molecule has 22 heavy (non-hydrogen) atoms. The molecule has 6 nitrogen and oxygen atoms in total. The lowest BCUT2D eigenvalue weighted by atomic mass is 10.0. The second kappa shape index (κ2) is 5.75. The Kier molecular flexibility index (Phi) is 3.61. The van der Waals surface area contributed by atoms with E-state index in [0.29, 0.717) is 0 Å². The van der Waals surface area contributed by atoms with Gasteiger partial charge in [0.2, 0.25) is 0 Å². The Morgan fingerprint density at radius 2 is 2.14 bits per heavy atom. The molecule has 0 bridgehead atoms. The highest BCUT2D eigenvalue weighted by atomic mass is 32.1. The number of aliphatic imine (C=N–C) groups is 1. The summed E-state index contributed by atoms with van der Waals surface area (Å²) in [5, 5.41) is 2.83. The molecule has 1 N–H and O–H groups in total. The number of nitrogens with one attached hydrogen (secondary N) is 1. The molecule has 4 rings (SSSR count). The fourth-order valence-corrected chi connectivity index (χ4v) is 3.39. The van der Waals surface area contributed by atoms with Crippen molar-refractivity contribution in [2.75, 3.05) is 13.1 Å². The topological polar surface area (TPSA) is 62.6 Å². The number of likely N-dealkylation sites (tertiary alicyclic amines) is 1. The van der Waals surface area contributed by atoms with Crippen LogP contribution < -0.4 is 5.48 Å². The van der Waals surface area contributed by atoms with Crippen LogP contribution in [0.1, 0.15) is 23.5 Å². The Bertz CT molecular complexity index is 650. The molecule has 1 saturated heterocycles. The SMILES string of the molecule is c1ccc(CN2CCC3(CC2)N=C(c2nccs2)NO3)nc1. The van der Waals surface area contributed by atoms with Crippen LogP contribution in [0, 0.1) is 0 Å². The van der Waals surface area contributed by atoms with E-state index in [4.69, 9.17) is 9.83 Å². The maximum Gasteiger partial charge on any atom is 0.190 e. The number of rotatable bonds is 3. The molecule has 114 valence electrons. The van der Waals surface area contributed by atoms with Crippen LogP contribution in [0.15, 0.2) is 41.0 Å². The highest BCUT2D eigenvalue weighted by Crippen LogP contribution is 2.31. The molecular formula is C15H17N5OS. The highest BCUT2D eigenvalue weighted by Gasteiger charge is 2.40. The second-order valence-electron chi connectivity index (χ2n) is 5.55. The molecule has 2 aromatic heterocycles. The van der Waals surface area contributed by atoms with E-state index < -0.39 is 5.72 Å². The van der Waals surface area contributed by atoms with Crippen LogP contribution in [0.4, 0.5) is 0 Å². The van der Waals surface area contributed by atoms with Crippen LogP contribution in [-0.2, 0) is 11.4 Å². The van der Waals surface area contributed by atoms with E-state index in [1.807, 2.05) is 23.7 Å². The first-order valence-corrected chi connectivity index (χ1v) is 8.27. The fourth-order valence-electron chi connectivity index (χ4n) is 2.82. The number of pyridine rings is 1. The van der Waals surface area contributed by atoms with Gasteiger partial charge >= 0.3 is 0 Å². The molecule has 7 heteroatoms. The minimum atomic E-state index is -0.429. The average Bonchev–Trinajstić information content (AvgIpc) is 3.21. The van der Waals surface area contributed by atoms with E-state index in [1.165, 1.54) is 0 Å². The zero-order chi connectivity index (χ0) is 14.8. The van der Waals surface area contributed by atoms with Crippen molar-refractivity contribution in [2.45, 2.75) is 25.1 Å². The van der Waals surface area contributed by atoms with Gasteiger partial charge in [-0.25, -0.2) is 20.3 Å². The first kappa shape index (κ1) is 13.8. The quantitative estimate of drug-likeness (QED) is 0.936. The maximum absolute atomic E-state index is 5.79. The smallest absolute Gasteiger partial charge is 0.190 e. The van der Waals surface area contributed by atoms with Gasteiger partial charge in [0.05, 0.1) is 5.69 Å². The number of hydroxylamine groups is 1. The molecule has 0 amide bonds. The van der Waals surface area contributed by atoms with Crippen LogP contribution in [0.5, 0.6) is 0 Å². The van der Waals surface area contributed by atoms with Crippen molar-refractivity contribution < 1.29 is 4.84 Å². The average molecular weight is 315 g/mol. The van der Waals surface area contributed by atoms with Gasteiger partial charge in [-0.05, 0) is 12.1 Å². The summed E-state index contributed by atoms with van der Waals surface area (Å²) >= 11 is 1.57.